The first-order chi connectivity index (χ1) is 7.70. The van der Waals surface area contributed by atoms with Crippen molar-refractivity contribution in [1.82, 2.24) is 15.5 Å². The van der Waals surface area contributed by atoms with Crippen molar-refractivity contribution in [2.45, 2.75) is 13.3 Å². The number of carbonyl (C=O) groups is 1. The standard InChI is InChI=1S/C11H10N3OS.3W.Y/c1-5-3-6-8(16-5)4-7-9(6)13-14-10(7)11(15)12-2;;;;/h3H,2,4H2,1H3,(H2,12,13,14,15);;;;/q-1;;;;/p-1. The van der Waals surface area contributed by atoms with Crippen molar-refractivity contribution in [2.24, 2.45) is 0 Å². The fraction of sp³-hybridized carbons (Fsp3) is 0.182. The van der Waals surface area contributed by atoms with Gasteiger partial charge in [0, 0.05) is 112 Å². The Morgan fingerprint density at radius 1 is 1.45 bits per heavy atom. The van der Waals surface area contributed by atoms with Crippen molar-refractivity contribution in [2.75, 3.05) is 0 Å². The van der Waals surface area contributed by atoms with E-state index in [1.807, 2.05) is 0 Å². The number of thiophene rings is 1. The maximum Gasteiger partial charge on any atom is 0.239 e. The van der Waals surface area contributed by atoms with Crippen LogP contribution in [0.3, 0.4) is 0 Å². The molecule has 1 N–H and O–H groups in total. The van der Waals surface area contributed by atoms with Crippen molar-refractivity contribution in [3.8, 4) is 11.3 Å². The Morgan fingerprint density at radius 3 is 2.70 bits per heavy atom. The minimum atomic E-state index is -0.263. The number of aryl methyl sites for hydroxylation is 1. The maximum atomic E-state index is 11.5. The van der Waals surface area contributed by atoms with E-state index in [4.69, 9.17) is 0 Å². The second-order valence-corrected chi connectivity index (χ2v) is 5.09. The van der Waals surface area contributed by atoms with E-state index in [0.717, 1.165) is 23.2 Å². The van der Waals surface area contributed by atoms with Gasteiger partial charge in [0.1, 0.15) is 5.69 Å². The Labute approximate surface area is 189 Å². The number of amides is 1. The molecule has 1 aliphatic carbocycles. The van der Waals surface area contributed by atoms with Gasteiger partial charge in [-0.2, -0.15) is 0 Å². The molecule has 0 aromatic carbocycles. The van der Waals surface area contributed by atoms with Gasteiger partial charge in [-0.1, -0.05) is 0 Å². The van der Waals surface area contributed by atoms with Crippen LogP contribution >= 0.6 is 11.3 Å². The molecule has 0 atom stereocenters. The molecule has 2 aromatic heterocycles. The van der Waals surface area contributed by atoms with E-state index in [-0.39, 0.29) is 102 Å². The van der Waals surface area contributed by atoms with E-state index < -0.39 is 0 Å². The predicted molar refractivity (Wildman–Crippen MR) is 61.2 cm³/mol. The third-order valence-corrected chi connectivity index (χ3v) is 3.77. The molecule has 1 aliphatic rings. The molecule has 0 unspecified atom stereocenters. The largest absolute Gasteiger partial charge is 0.574 e. The van der Waals surface area contributed by atoms with Crippen LogP contribution in [0.2, 0.25) is 0 Å². The van der Waals surface area contributed by atoms with E-state index in [2.05, 4.69) is 35.6 Å². The first-order valence-electron chi connectivity index (χ1n) is 4.90. The molecule has 4 nitrogen and oxygen atoms in total. The van der Waals surface area contributed by atoms with Crippen LogP contribution in [0.15, 0.2) is 6.07 Å². The predicted octanol–water partition coefficient (Wildman–Crippen LogP) is 1.49. The third-order valence-electron chi connectivity index (χ3n) is 2.72. The zero-order valence-electron chi connectivity index (χ0n) is 10.5. The van der Waals surface area contributed by atoms with Crippen molar-refractivity contribution in [3.05, 3.63) is 34.1 Å². The Kier molecular flexibility index (Phi) is 11.5. The molecule has 0 aliphatic heterocycles. The fourth-order valence-electron chi connectivity index (χ4n) is 2.04. The molecule has 1 amide bonds. The minimum Gasteiger partial charge on any atom is -0.574 e. The third kappa shape index (κ3) is 4.09. The summed E-state index contributed by atoms with van der Waals surface area (Å²) in [5.74, 6) is -0.263. The summed E-state index contributed by atoms with van der Waals surface area (Å²) in [7, 11) is 3.35. The van der Waals surface area contributed by atoms with Crippen LogP contribution < -0.4 is 10.4 Å². The Hall–Kier alpha value is 1.55. The molecule has 0 saturated heterocycles. The van der Waals surface area contributed by atoms with Crippen molar-refractivity contribution in [1.29, 1.82) is 0 Å². The van der Waals surface area contributed by atoms with Gasteiger partial charge in [0.25, 0.3) is 0 Å². The topological polar surface area (TPSA) is 56.1 Å². The molecule has 0 saturated carbocycles. The van der Waals surface area contributed by atoms with Gasteiger partial charge >= 0.3 is 0 Å². The summed E-state index contributed by atoms with van der Waals surface area (Å²) in [6.07, 6.45) is 0.763. The van der Waals surface area contributed by atoms with Gasteiger partial charge in [-0.3, -0.25) is 11.8 Å². The number of aromatic nitrogens is 2. The number of fused-ring (bicyclic) bond motifs is 3. The van der Waals surface area contributed by atoms with Gasteiger partial charge in [-0.05, 0) is 24.1 Å². The summed E-state index contributed by atoms with van der Waals surface area (Å²) in [6, 6.07) is 2.10. The summed E-state index contributed by atoms with van der Waals surface area (Å²) in [6.45, 7) is 2.07. The smallest absolute Gasteiger partial charge is 0.239 e. The van der Waals surface area contributed by atoms with Crippen LogP contribution in [0.4, 0.5) is 0 Å². The number of hydrogen-bond acceptors (Lipinski definition) is 3. The Morgan fingerprint density at radius 2 is 2.10 bits per heavy atom. The second-order valence-electron chi connectivity index (χ2n) is 3.75. The van der Waals surface area contributed by atoms with Gasteiger partial charge in [-0.15, -0.1) is 17.0 Å². The van der Waals surface area contributed by atoms with E-state index in [1.165, 1.54) is 9.75 Å². The first-order valence-corrected chi connectivity index (χ1v) is 5.71. The van der Waals surface area contributed by atoms with Gasteiger partial charge in [0.05, 0.1) is 0 Å². The van der Waals surface area contributed by atoms with Crippen LogP contribution in [0.5, 0.6) is 0 Å². The molecule has 2 aromatic rings. The van der Waals surface area contributed by atoms with Gasteiger partial charge in [0.2, 0.25) is 5.91 Å². The van der Waals surface area contributed by atoms with Crippen molar-refractivity contribution < 1.29 is 101 Å². The molecular weight excluding hydrogens is 863 g/mol. The number of hydrogen-bond donors (Lipinski definition) is 1. The van der Waals surface area contributed by atoms with Gasteiger partial charge in [0.15, 0.2) is 0 Å². The van der Waals surface area contributed by atoms with E-state index in [0.29, 0.717) is 5.69 Å². The Balaban J connectivity index is 0. The maximum absolute atomic E-state index is 11.5. The summed E-state index contributed by atoms with van der Waals surface area (Å²) in [5.41, 5.74) is 3.33. The van der Waals surface area contributed by atoms with Crippen LogP contribution in [-0.4, -0.2) is 11.0 Å². The molecule has 3 rings (SSSR count). The molecule has 0 bridgehead atoms. The molecule has 20 heavy (non-hydrogen) atoms. The average Bonchev–Trinajstić information content (AvgIpc) is 2.87. The summed E-state index contributed by atoms with van der Waals surface area (Å²) in [5, 5.41) is 10.3. The molecule has 9 heteroatoms. The molecule has 103 valence electrons. The molecule has 1 radical (unpaired) electrons. The average molecular weight is 872 g/mol. The normalized spacial score (nSPS) is 9.90. The number of rotatable bonds is 1. The van der Waals surface area contributed by atoms with E-state index >= 15 is 0 Å². The zero-order chi connectivity index (χ0) is 11.3. The number of nitrogens with one attached hydrogen (secondary N) is 1. The second kappa shape index (κ2) is 9.64. The van der Waals surface area contributed by atoms with Crippen LogP contribution in [0.1, 0.15) is 25.8 Å². The summed E-state index contributed by atoms with van der Waals surface area (Å²) in [4.78, 5) is 14.0. The zero-order valence-corrected chi connectivity index (χ0v) is 23.0. The first kappa shape index (κ1) is 23.8. The molecule has 0 spiro atoms. The van der Waals surface area contributed by atoms with Crippen molar-refractivity contribution in [3.63, 3.8) is 0 Å². The SMILES string of the molecule is [CH2-]NC(=O)c1n[n-]c2c1Cc1sc(C)cc1-2.[W].[W].[W].[Y]. The fourth-order valence-corrected chi connectivity index (χ4v) is 3.09. The van der Waals surface area contributed by atoms with E-state index in [9.17, 15) is 4.79 Å². The van der Waals surface area contributed by atoms with Crippen molar-refractivity contribution >= 4 is 17.2 Å². The number of carbonyl (C=O) groups excluding carboxylic acids is 1. The Bertz CT molecular complexity index is 600. The quantitative estimate of drug-likeness (QED) is 0.378. The van der Waals surface area contributed by atoms with Crippen LogP contribution in [0, 0.1) is 14.0 Å². The monoisotopic (exact) mass is 872 g/mol. The molecular formula is C11H9N3OSW3Y-2. The van der Waals surface area contributed by atoms with Crippen LogP contribution in [0.25, 0.3) is 11.3 Å². The van der Waals surface area contributed by atoms with Gasteiger partial charge < -0.3 is 15.5 Å². The number of nitrogens with zero attached hydrogens (tertiary/aromatic N) is 2. The molecule has 2 heterocycles. The van der Waals surface area contributed by atoms with Gasteiger partial charge in [-0.25, -0.2) is 0 Å². The summed E-state index contributed by atoms with van der Waals surface area (Å²) < 4.78 is 0. The van der Waals surface area contributed by atoms with E-state index in [1.54, 1.807) is 11.3 Å². The molecule has 0 fully saturated rings. The van der Waals surface area contributed by atoms with Crippen LogP contribution in [-0.2, 0) is 102 Å². The summed E-state index contributed by atoms with van der Waals surface area (Å²) >= 11 is 1.75. The minimum absolute atomic E-state index is 0.